The van der Waals surface area contributed by atoms with Crippen LogP contribution in [0.4, 0.5) is 13.2 Å². The molecule has 4 nitrogen and oxygen atoms in total. The summed E-state index contributed by atoms with van der Waals surface area (Å²) in [5.74, 6) is 0. The molecule has 0 unspecified atom stereocenters. The van der Waals surface area contributed by atoms with Crippen LogP contribution in [0.2, 0.25) is 18.1 Å². The second kappa shape index (κ2) is 7.76. The molecule has 1 atom stereocenters. The minimum absolute atomic E-state index is 0.509. The van der Waals surface area contributed by atoms with Gasteiger partial charge in [-0.1, -0.05) is 20.8 Å². The number of alkyl halides is 3. The second-order valence-electron chi connectivity index (χ2n) is 4.71. The van der Waals surface area contributed by atoms with Gasteiger partial charge in [-0.15, -0.1) is 0 Å². The molecular formula is C11H23F3O4SSi. The van der Waals surface area contributed by atoms with Crippen LogP contribution in [-0.4, -0.2) is 41.9 Å². The van der Waals surface area contributed by atoms with E-state index in [0.717, 1.165) is 6.26 Å². The summed E-state index contributed by atoms with van der Waals surface area (Å²) >= 11 is 0. The van der Waals surface area contributed by atoms with Crippen molar-refractivity contribution in [1.82, 2.24) is 0 Å². The Balaban J connectivity index is 4.82. The summed E-state index contributed by atoms with van der Waals surface area (Å²) in [7, 11) is -6.15. The molecule has 0 heterocycles. The van der Waals surface area contributed by atoms with Gasteiger partial charge in [-0.25, -0.2) is 0 Å². The quantitative estimate of drug-likeness (QED) is 0.479. The molecule has 0 aliphatic carbocycles. The zero-order valence-corrected chi connectivity index (χ0v) is 14.1. The summed E-state index contributed by atoms with van der Waals surface area (Å²) in [6, 6.07) is 1.79. The van der Waals surface area contributed by atoms with Gasteiger partial charge in [0.1, 0.15) is 6.10 Å². The van der Waals surface area contributed by atoms with Crippen LogP contribution in [0.5, 0.6) is 0 Å². The summed E-state index contributed by atoms with van der Waals surface area (Å²) in [4.78, 5) is 0. The molecule has 0 amide bonds. The van der Waals surface area contributed by atoms with Gasteiger partial charge in [0, 0.05) is 6.42 Å². The molecule has 0 N–H and O–H groups in total. The van der Waals surface area contributed by atoms with E-state index in [9.17, 15) is 21.6 Å². The van der Waals surface area contributed by atoms with E-state index in [1.807, 2.05) is 20.8 Å². The summed E-state index contributed by atoms with van der Waals surface area (Å²) in [6.45, 7) is 4.98. The van der Waals surface area contributed by atoms with E-state index in [1.54, 1.807) is 0 Å². The molecule has 0 aromatic carbocycles. The van der Waals surface area contributed by atoms with Crippen LogP contribution in [0.25, 0.3) is 0 Å². The van der Waals surface area contributed by atoms with E-state index in [4.69, 9.17) is 4.43 Å². The van der Waals surface area contributed by atoms with Gasteiger partial charge in [0.2, 0.25) is 0 Å². The molecule has 0 fully saturated rings. The molecule has 0 radical (unpaired) electrons. The first-order valence-electron chi connectivity index (χ1n) is 6.58. The lowest BCUT2D eigenvalue weighted by Gasteiger charge is -2.34. The maximum atomic E-state index is 13.0. The van der Waals surface area contributed by atoms with Crippen molar-refractivity contribution < 1.29 is 30.2 Å². The van der Waals surface area contributed by atoms with Crippen LogP contribution < -0.4 is 0 Å². The average Bonchev–Trinajstić information content (AvgIpc) is 2.31. The molecule has 0 aliphatic rings. The zero-order chi connectivity index (χ0) is 16.0. The Labute approximate surface area is 119 Å². The average molecular weight is 336 g/mol. The Morgan fingerprint density at radius 1 is 1.10 bits per heavy atom. The number of rotatable bonds is 9. The SMILES string of the molecule is CC[Si](CC)(CC)O[C@H](CCOS(C)(=O)=O)C(F)(F)F. The highest BCUT2D eigenvalue weighted by Crippen LogP contribution is 2.32. The normalized spacial score (nSPS) is 15.3. The Hall–Kier alpha value is -0.123. The van der Waals surface area contributed by atoms with Gasteiger partial charge in [-0.3, -0.25) is 4.18 Å². The first-order chi connectivity index (χ1) is 8.99. The minimum Gasteiger partial charge on any atom is -0.405 e. The van der Waals surface area contributed by atoms with Gasteiger partial charge in [0.15, 0.2) is 8.32 Å². The summed E-state index contributed by atoms with van der Waals surface area (Å²) < 4.78 is 70.3. The molecule has 20 heavy (non-hydrogen) atoms. The van der Waals surface area contributed by atoms with Crippen molar-refractivity contribution in [2.24, 2.45) is 0 Å². The fourth-order valence-electron chi connectivity index (χ4n) is 1.90. The molecule has 0 bridgehead atoms. The lowest BCUT2D eigenvalue weighted by Crippen LogP contribution is -2.46. The zero-order valence-electron chi connectivity index (χ0n) is 12.3. The fourth-order valence-corrected chi connectivity index (χ4v) is 5.15. The van der Waals surface area contributed by atoms with Crippen molar-refractivity contribution in [2.75, 3.05) is 12.9 Å². The molecule has 0 saturated carbocycles. The van der Waals surface area contributed by atoms with Crippen molar-refractivity contribution in [3.05, 3.63) is 0 Å². The van der Waals surface area contributed by atoms with Gasteiger partial charge < -0.3 is 4.43 Å². The number of halogens is 3. The maximum absolute atomic E-state index is 13.0. The third-order valence-electron chi connectivity index (χ3n) is 3.37. The fraction of sp³-hybridized carbons (Fsp3) is 1.00. The second-order valence-corrected chi connectivity index (χ2v) is 11.1. The lowest BCUT2D eigenvalue weighted by molar-refractivity contribution is -0.201. The van der Waals surface area contributed by atoms with Gasteiger partial charge in [-0.2, -0.15) is 21.6 Å². The van der Waals surface area contributed by atoms with Crippen molar-refractivity contribution in [3.63, 3.8) is 0 Å². The molecule has 0 saturated heterocycles. The predicted molar refractivity (Wildman–Crippen MR) is 73.5 cm³/mol. The molecule has 0 spiro atoms. The molecule has 0 aliphatic heterocycles. The van der Waals surface area contributed by atoms with E-state index >= 15 is 0 Å². The predicted octanol–water partition coefficient (Wildman–Crippen LogP) is 3.31. The molecule has 0 rings (SSSR count). The highest BCUT2D eigenvalue weighted by Gasteiger charge is 2.45. The Bertz CT molecular complexity index is 371. The third kappa shape index (κ3) is 7.05. The van der Waals surface area contributed by atoms with E-state index in [2.05, 4.69) is 4.18 Å². The highest BCUT2D eigenvalue weighted by atomic mass is 32.2. The largest absolute Gasteiger partial charge is 0.413 e. The smallest absolute Gasteiger partial charge is 0.405 e. The lowest BCUT2D eigenvalue weighted by atomic mass is 10.2. The Kier molecular flexibility index (Phi) is 7.72. The van der Waals surface area contributed by atoms with E-state index in [0.29, 0.717) is 18.1 Å². The maximum Gasteiger partial charge on any atom is 0.413 e. The standard InChI is InChI=1S/C11H23F3O4SSi/c1-5-20(6-2,7-3)18-10(11(12,13)14)8-9-17-19(4,15)16/h10H,5-9H2,1-4H3/t10-/m1/s1. The van der Waals surface area contributed by atoms with E-state index in [-0.39, 0.29) is 0 Å². The Morgan fingerprint density at radius 3 is 1.85 bits per heavy atom. The van der Waals surface area contributed by atoms with Crippen molar-refractivity contribution in [1.29, 1.82) is 0 Å². The third-order valence-corrected chi connectivity index (χ3v) is 8.61. The number of hydrogen-bond donors (Lipinski definition) is 0. The van der Waals surface area contributed by atoms with Gasteiger partial charge >= 0.3 is 6.18 Å². The topological polar surface area (TPSA) is 52.6 Å². The summed E-state index contributed by atoms with van der Waals surface area (Å²) in [5.41, 5.74) is 0. The van der Waals surface area contributed by atoms with Crippen LogP contribution in [-0.2, 0) is 18.7 Å². The van der Waals surface area contributed by atoms with Crippen LogP contribution >= 0.6 is 0 Å². The van der Waals surface area contributed by atoms with Crippen LogP contribution in [0.1, 0.15) is 27.2 Å². The van der Waals surface area contributed by atoms with Crippen LogP contribution in [0.15, 0.2) is 0 Å². The highest BCUT2D eigenvalue weighted by molar-refractivity contribution is 7.85. The number of hydrogen-bond acceptors (Lipinski definition) is 4. The monoisotopic (exact) mass is 336 g/mol. The van der Waals surface area contributed by atoms with Gasteiger partial charge in [0.25, 0.3) is 10.1 Å². The van der Waals surface area contributed by atoms with Gasteiger partial charge in [0.05, 0.1) is 12.9 Å². The van der Waals surface area contributed by atoms with Crippen LogP contribution in [0, 0.1) is 0 Å². The van der Waals surface area contributed by atoms with Crippen molar-refractivity contribution >= 4 is 18.4 Å². The van der Waals surface area contributed by atoms with Crippen molar-refractivity contribution in [3.8, 4) is 0 Å². The molecular weight excluding hydrogens is 313 g/mol. The van der Waals surface area contributed by atoms with Gasteiger partial charge in [-0.05, 0) is 18.1 Å². The first kappa shape index (κ1) is 19.9. The molecule has 9 heteroatoms. The van der Waals surface area contributed by atoms with Crippen molar-refractivity contribution in [2.45, 2.75) is 57.6 Å². The molecule has 0 aromatic rings. The Morgan fingerprint density at radius 2 is 1.55 bits per heavy atom. The summed E-state index contributed by atoms with van der Waals surface area (Å²) in [5, 5.41) is 0. The molecule has 0 aromatic heterocycles. The molecule has 122 valence electrons. The minimum atomic E-state index is -4.52. The summed E-state index contributed by atoms with van der Waals surface area (Å²) in [6.07, 6.45) is -6.18. The van der Waals surface area contributed by atoms with E-state index in [1.165, 1.54) is 0 Å². The first-order valence-corrected chi connectivity index (χ1v) is 10.9. The van der Waals surface area contributed by atoms with E-state index < -0.39 is 43.7 Å². The van der Waals surface area contributed by atoms with Crippen LogP contribution in [0.3, 0.4) is 0 Å².